The van der Waals surface area contributed by atoms with Crippen LogP contribution in [0.2, 0.25) is 0 Å². The Kier molecular flexibility index (Phi) is 5.99. The lowest BCUT2D eigenvalue weighted by Crippen LogP contribution is -2.42. The third-order valence-electron chi connectivity index (χ3n) is 5.56. The van der Waals surface area contributed by atoms with Gasteiger partial charge in [-0.2, -0.15) is 0 Å². The van der Waals surface area contributed by atoms with Crippen LogP contribution in [0.5, 0.6) is 0 Å². The van der Waals surface area contributed by atoms with E-state index in [1.54, 1.807) is 33.0 Å². The minimum atomic E-state index is -0.851. The van der Waals surface area contributed by atoms with Gasteiger partial charge in [-0.3, -0.25) is 4.79 Å². The highest BCUT2D eigenvalue weighted by Crippen LogP contribution is 2.53. The third-order valence-corrected chi connectivity index (χ3v) is 5.56. The molecular formula is C22H30FN5O2. The van der Waals surface area contributed by atoms with Gasteiger partial charge in [0.25, 0.3) is 5.91 Å². The molecule has 2 heterocycles. The molecule has 162 valence electrons. The molecule has 1 amide bonds. The summed E-state index contributed by atoms with van der Waals surface area (Å²) < 4.78 is 14.1. The van der Waals surface area contributed by atoms with Gasteiger partial charge < -0.3 is 21.1 Å². The SMILES string of the molecule is Cc1cnc(Nc2cc(NC(C)C)c(C(=O)NCC3(C(C)(C)O)CC3)cn2)c(F)c1. The number of hydrogen-bond donors (Lipinski definition) is 4. The van der Waals surface area contributed by atoms with Crippen LogP contribution in [0.25, 0.3) is 0 Å². The molecule has 0 atom stereocenters. The third kappa shape index (κ3) is 4.87. The molecule has 0 aromatic carbocycles. The summed E-state index contributed by atoms with van der Waals surface area (Å²) in [6.07, 6.45) is 4.78. The maximum absolute atomic E-state index is 14.1. The van der Waals surface area contributed by atoms with Gasteiger partial charge in [0.1, 0.15) is 5.82 Å². The van der Waals surface area contributed by atoms with E-state index in [9.17, 15) is 14.3 Å². The average molecular weight is 416 g/mol. The fourth-order valence-corrected chi connectivity index (χ4v) is 3.38. The Labute approximate surface area is 176 Å². The van der Waals surface area contributed by atoms with Crippen molar-refractivity contribution in [2.24, 2.45) is 5.41 Å². The van der Waals surface area contributed by atoms with Crippen LogP contribution in [0, 0.1) is 18.2 Å². The zero-order valence-electron chi connectivity index (χ0n) is 18.1. The number of hydrogen-bond acceptors (Lipinski definition) is 6. The van der Waals surface area contributed by atoms with E-state index in [2.05, 4.69) is 25.9 Å². The molecule has 0 bridgehead atoms. The lowest BCUT2D eigenvalue weighted by atomic mass is 9.87. The van der Waals surface area contributed by atoms with Crippen molar-refractivity contribution in [3.05, 3.63) is 41.5 Å². The Hall–Kier alpha value is -2.74. The second kappa shape index (κ2) is 8.18. The zero-order valence-corrected chi connectivity index (χ0v) is 18.1. The fraction of sp³-hybridized carbons (Fsp3) is 0.500. The molecule has 30 heavy (non-hydrogen) atoms. The first-order valence-electron chi connectivity index (χ1n) is 10.2. The summed E-state index contributed by atoms with van der Waals surface area (Å²) in [5, 5.41) is 19.4. The summed E-state index contributed by atoms with van der Waals surface area (Å²) in [5.41, 5.74) is 0.562. The lowest BCUT2D eigenvalue weighted by Gasteiger charge is -2.29. The second-order valence-corrected chi connectivity index (χ2v) is 8.90. The summed E-state index contributed by atoms with van der Waals surface area (Å²) >= 11 is 0. The minimum Gasteiger partial charge on any atom is -0.390 e. The van der Waals surface area contributed by atoms with Crippen molar-refractivity contribution >= 4 is 23.2 Å². The molecule has 1 aliphatic carbocycles. The van der Waals surface area contributed by atoms with Crippen molar-refractivity contribution in [3.63, 3.8) is 0 Å². The molecule has 0 aliphatic heterocycles. The average Bonchev–Trinajstić information content (AvgIpc) is 3.43. The maximum atomic E-state index is 14.1. The zero-order chi connectivity index (χ0) is 22.1. The molecule has 0 unspecified atom stereocenters. The summed E-state index contributed by atoms with van der Waals surface area (Å²) in [6.45, 7) is 9.64. The molecule has 3 rings (SSSR count). The molecule has 0 saturated heterocycles. The van der Waals surface area contributed by atoms with E-state index in [1.165, 1.54) is 12.3 Å². The van der Waals surface area contributed by atoms with E-state index in [0.29, 0.717) is 23.6 Å². The van der Waals surface area contributed by atoms with E-state index in [0.717, 1.165) is 18.4 Å². The Morgan fingerprint density at radius 3 is 2.53 bits per heavy atom. The normalized spacial score (nSPS) is 15.1. The van der Waals surface area contributed by atoms with Crippen molar-refractivity contribution < 1.29 is 14.3 Å². The molecule has 0 radical (unpaired) electrons. The molecule has 4 N–H and O–H groups in total. The van der Waals surface area contributed by atoms with Crippen LogP contribution in [0.4, 0.5) is 21.7 Å². The predicted molar refractivity (Wildman–Crippen MR) is 116 cm³/mol. The van der Waals surface area contributed by atoms with E-state index >= 15 is 0 Å². The van der Waals surface area contributed by atoms with Crippen LogP contribution >= 0.6 is 0 Å². The van der Waals surface area contributed by atoms with E-state index in [-0.39, 0.29) is 23.2 Å². The number of nitrogens with one attached hydrogen (secondary N) is 3. The maximum Gasteiger partial charge on any atom is 0.254 e. The number of amides is 1. The number of nitrogens with zero attached hydrogens (tertiary/aromatic N) is 2. The van der Waals surface area contributed by atoms with Gasteiger partial charge in [-0.1, -0.05) is 0 Å². The van der Waals surface area contributed by atoms with Gasteiger partial charge in [-0.15, -0.1) is 0 Å². The van der Waals surface area contributed by atoms with Crippen molar-refractivity contribution in [1.29, 1.82) is 0 Å². The van der Waals surface area contributed by atoms with Gasteiger partial charge in [0.05, 0.1) is 16.9 Å². The summed E-state index contributed by atoms with van der Waals surface area (Å²) in [7, 11) is 0. The van der Waals surface area contributed by atoms with Crippen LogP contribution in [0.1, 0.15) is 56.5 Å². The molecule has 2 aromatic rings. The number of anilines is 3. The largest absolute Gasteiger partial charge is 0.390 e. The number of aromatic nitrogens is 2. The van der Waals surface area contributed by atoms with E-state index < -0.39 is 11.4 Å². The van der Waals surface area contributed by atoms with Gasteiger partial charge in [0, 0.05) is 36.5 Å². The van der Waals surface area contributed by atoms with Gasteiger partial charge in [-0.05, 0) is 59.1 Å². The van der Waals surface area contributed by atoms with Crippen molar-refractivity contribution in [2.75, 3.05) is 17.2 Å². The highest BCUT2D eigenvalue weighted by atomic mass is 19.1. The van der Waals surface area contributed by atoms with Crippen LogP contribution in [0.3, 0.4) is 0 Å². The minimum absolute atomic E-state index is 0.0710. The molecule has 2 aromatic heterocycles. The first kappa shape index (κ1) is 22.0. The Morgan fingerprint density at radius 1 is 1.27 bits per heavy atom. The van der Waals surface area contributed by atoms with Gasteiger partial charge in [0.2, 0.25) is 0 Å². The monoisotopic (exact) mass is 415 g/mol. The highest BCUT2D eigenvalue weighted by Gasteiger charge is 2.53. The quantitative estimate of drug-likeness (QED) is 0.524. The second-order valence-electron chi connectivity index (χ2n) is 8.90. The van der Waals surface area contributed by atoms with E-state index in [4.69, 9.17) is 0 Å². The van der Waals surface area contributed by atoms with Crippen molar-refractivity contribution in [1.82, 2.24) is 15.3 Å². The van der Waals surface area contributed by atoms with Gasteiger partial charge in [0.15, 0.2) is 11.6 Å². The number of aliphatic hydroxyl groups is 1. The van der Waals surface area contributed by atoms with Crippen molar-refractivity contribution in [2.45, 2.75) is 59.1 Å². The van der Waals surface area contributed by atoms with Crippen LogP contribution < -0.4 is 16.0 Å². The van der Waals surface area contributed by atoms with Crippen LogP contribution in [-0.2, 0) is 0 Å². The topological polar surface area (TPSA) is 99.2 Å². The first-order chi connectivity index (χ1) is 14.0. The standard InChI is InChI=1S/C22H30FN5O2/c1-13(2)27-17-9-18(28-19-16(23)8-14(3)10-25-19)24-11-15(17)20(29)26-12-22(6-7-22)21(4,5)30/h8-11,13,30H,6-7,12H2,1-5H3,(H,26,29)(H2,24,25,27,28). The number of aryl methyl sites for hydroxylation is 1. The molecule has 7 nitrogen and oxygen atoms in total. The number of halogens is 1. The molecule has 1 saturated carbocycles. The molecular weight excluding hydrogens is 385 g/mol. The summed E-state index contributed by atoms with van der Waals surface area (Å²) in [6, 6.07) is 3.13. The molecule has 0 spiro atoms. The Balaban J connectivity index is 1.79. The summed E-state index contributed by atoms with van der Waals surface area (Å²) in [4.78, 5) is 21.2. The molecule has 8 heteroatoms. The predicted octanol–water partition coefficient (Wildman–Crippen LogP) is 3.77. The van der Waals surface area contributed by atoms with Gasteiger partial charge >= 0.3 is 0 Å². The molecule has 1 fully saturated rings. The van der Waals surface area contributed by atoms with Crippen LogP contribution in [0.15, 0.2) is 24.5 Å². The summed E-state index contributed by atoms with van der Waals surface area (Å²) in [5.74, 6) is -0.299. The lowest BCUT2D eigenvalue weighted by molar-refractivity contribution is 0.00303. The number of rotatable bonds is 8. The first-order valence-corrected chi connectivity index (χ1v) is 10.2. The Bertz CT molecular complexity index is 936. The molecule has 1 aliphatic rings. The van der Waals surface area contributed by atoms with Crippen molar-refractivity contribution in [3.8, 4) is 0 Å². The van der Waals surface area contributed by atoms with Gasteiger partial charge in [-0.25, -0.2) is 14.4 Å². The number of carbonyl (C=O) groups excluding carboxylic acids is 1. The number of carbonyl (C=O) groups is 1. The highest BCUT2D eigenvalue weighted by molar-refractivity contribution is 5.99. The van der Waals surface area contributed by atoms with Crippen LogP contribution in [-0.4, -0.2) is 39.2 Å². The fourth-order valence-electron chi connectivity index (χ4n) is 3.38. The smallest absolute Gasteiger partial charge is 0.254 e. The Morgan fingerprint density at radius 2 is 1.97 bits per heavy atom. The number of pyridine rings is 2. The van der Waals surface area contributed by atoms with E-state index in [1.807, 2.05) is 13.8 Å².